The van der Waals surface area contributed by atoms with Crippen molar-refractivity contribution in [1.82, 2.24) is 24.8 Å². The SMILES string of the molecule is CO[C@H](C)[C@H](NC(=O)c1cnc(C)cn1)c1nc2cc(OC(F)(F)F)ccc2n1C1CC1. The first-order chi connectivity index (χ1) is 15.2. The van der Waals surface area contributed by atoms with Crippen LogP contribution in [0.5, 0.6) is 5.75 Å². The Morgan fingerprint density at radius 3 is 2.59 bits per heavy atom. The Morgan fingerprint density at radius 2 is 2.00 bits per heavy atom. The molecule has 0 spiro atoms. The first kappa shape index (κ1) is 22.0. The predicted octanol–water partition coefficient (Wildman–Crippen LogP) is 3.87. The maximum Gasteiger partial charge on any atom is 0.573 e. The molecule has 2 aromatic heterocycles. The van der Waals surface area contributed by atoms with Crippen LogP contribution in [0.25, 0.3) is 11.0 Å². The Hall–Kier alpha value is -3.21. The zero-order chi connectivity index (χ0) is 23.0. The molecule has 0 bridgehead atoms. The van der Waals surface area contributed by atoms with E-state index >= 15 is 0 Å². The standard InChI is InChI=1S/C21H22F3N5O3/c1-11-9-26-16(10-25-11)20(30)28-18(12(2)31-3)19-27-15-8-14(32-21(22,23)24)6-7-17(15)29(19)13-4-5-13/h6-10,12-13,18H,4-5H2,1-3H3,(H,28,30)/t12-,18+/m1/s1. The smallest absolute Gasteiger partial charge is 0.406 e. The molecule has 1 amide bonds. The minimum atomic E-state index is -4.80. The van der Waals surface area contributed by atoms with Crippen molar-refractivity contribution in [2.24, 2.45) is 0 Å². The maximum absolute atomic E-state index is 12.8. The van der Waals surface area contributed by atoms with Crippen molar-refractivity contribution in [3.05, 3.63) is 47.8 Å². The second kappa shape index (κ2) is 8.38. The Morgan fingerprint density at radius 1 is 1.25 bits per heavy atom. The average Bonchev–Trinajstić information content (AvgIpc) is 3.50. The number of nitrogens with zero attached hydrogens (tertiary/aromatic N) is 4. The normalized spacial score (nSPS) is 16.1. The van der Waals surface area contributed by atoms with E-state index in [4.69, 9.17) is 4.74 Å². The summed E-state index contributed by atoms with van der Waals surface area (Å²) < 4.78 is 49.4. The number of carbonyl (C=O) groups excluding carboxylic acids is 1. The summed E-state index contributed by atoms with van der Waals surface area (Å²) >= 11 is 0. The fourth-order valence-corrected chi connectivity index (χ4v) is 3.48. The molecule has 0 unspecified atom stereocenters. The molecule has 170 valence electrons. The van der Waals surface area contributed by atoms with Gasteiger partial charge in [0, 0.05) is 25.4 Å². The molecule has 0 radical (unpaired) electrons. The summed E-state index contributed by atoms with van der Waals surface area (Å²) in [5.41, 5.74) is 1.82. The van der Waals surface area contributed by atoms with E-state index in [1.54, 1.807) is 19.9 Å². The summed E-state index contributed by atoms with van der Waals surface area (Å²) in [6.45, 7) is 3.54. The van der Waals surface area contributed by atoms with Gasteiger partial charge in [-0.1, -0.05) is 0 Å². The summed E-state index contributed by atoms with van der Waals surface area (Å²) in [5.74, 6) is -0.316. The van der Waals surface area contributed by atoms with Crippen LogP contribution in [0.3, 0.4) is 0 Å². The second-order valence-electron chi connectivity index (χ2n) is 7.70. The lowest BCUT2D eigenvalue weighted by Crippen LogP contribution is -2.38. The van der Waals surface area contributed by atoms with Crippen LogP contribution in [0.2, 0.25) is 0 Å². The van der Waals surface area contributed by atoms with Gasteiger partial charge in [-0.3, -0.25) is 9.78 Å². The first-order valence-electron chi connectivity index (χ1n) is 10.1. The van der Waals surface area contributed by atoms with Gasteiger partial charge in [-0.15, -0.1) is 13.2 Å². The number of benzene rings is 1. The van der Waals surface area contributed by atoms with Crippen LogP contribution in [0.15, 0.2) is 30.6 Å². The van der Waals surface area contributed by atoms with Gasteiger partial charge in [0.15, 0.2) is 0 Å². The summed E-state index contributed by atoms with van der Waals surface area (Å²) in [7, 11) is 1.51. The molecule has 2 atom stereocenters. The first-order valence-corrected chi connectivity index (χ1v) is 10.1. The van der Waals surface area contributed by atoms with E-state index < -0.39 is 24.4 Å². The molecule has 1 saturated carbocycles. The summed E-state index contributed by atoms with van der Waals surface area (Å²) in [4.78, 5) is 25.6. The molecule has 0 saturated heterocycles. The molecule has 1 aliphatic rings. The number of carbonyl (C=O) groups is 1. The van der Waals surface area contributed by atoms with Crippen molar-refractivity contribution in [1.29, 1.82) is 0 Å². The number of methoxy groups -OCH3 is 1. The number of imidazole rings is 1. The molecular formula is C21H22F3N5O3. The number of aromatic nitrogens is 4. The average molecular weight is 449 g/mol. The Balaban J connectivity index is 1.73. The van der Waals surface area contributed by atoms with Crippen LogP contribution >= 0.6 is 0 Å². The Bertz CT molecular complexity index is 1130. The van der Waals surface area contributed by atoms with E-state index in [1.807, 2.05) is 4.57 Å². The van der Waals surface area contributed by atoms with Gasteiger partial charge in [0.05, 0.1) is 29.0 Å². The number of hydrogen-bond donors (Lipinski definition) is 1. The lowest BCUT2D eigenvalue weighted by Gasteiger charge is -2.24. The van der Waals surface area contributed by atoms with Crippen LogP contribution in [-0.2, 0) is 4.74 Å². The van der Waals surface area contributed by atoms with Gasteiger partial charge >= 0.3 is 6.36 Å². The zero-order valence-corrected chi connectivity index (χ0v) is 17.7. The third-order valence-corrected chi connectivity index (χ3v) is 5.25. The van der Waals surface area contributed by atoms with Crippen LogP contribution in [-0.4, -0.2) is 45.0 Å². The highest BCUT2D eigenvalue weighted by atomic mass is 19.4. The Labute approximate surface area is 181 Å². The van der Waals surface area contributed by atoms with E-state index in [0.717, 1.165) is 12.8 Å². The zero-order valence-electron chi connectivity index (χ0n) is 17.7. The third-order valence-electron chi connectivity index (χ3n) is 5.25. The lowest BCUT2D eigenvalue weighted by atomic mass is 10.1. The van der Waals surface area contributed by atoms with E-state index in [0.29, 0.717) is 22.6 Å². The fourth-order valence-electron chi connectivity index (χ4n) is 3.48. The van der Waals surface area contributed by atoms with Crippen LogP contribution in [0.4, 0.5) is 13.2 Å². The number of aryl methyl sites for hydroxylation is 1. The van der Waals surface area contributed by atoms with Crippen molar-refractivity contribution in [3.63, 3.8) is 0 Å². The topological polar surface area (TPSA) is 91.2 Å². The minimum absolute atomic E-state index is 0.138. The molecule has 0 aliphatic heterocycles. The number of hydrogen-bond acceptors (Lipinski definition) is 6. The third kappa shape index (κ3) is 4.67. The van der Waals surface area contributed by atoms with E-state index in [2.05, 4.69) is 25.0 Å². The van der Waals surface area contributed by atoms with Crippen molar-refractivity contribution in [3.8, 4) is 5.75 Å². The highest BCUT2D eigenvalue weighted by Crippen LogP contribution is 2.41. The summed E-state index contributed by atoms with van der Waals surface area (Å²) in [5, 5.41) is 2.90. The van der Waals surface area contributed by atoms with Crippen LogP contribution in [0, 0.1) is 6.92 Å². The van der Waals surface area contributed by atoms with Gasteiger partial charge in [-0.25, -0.2) is 9.97 Å². The molecule has 32 heavy (non-hydrogen) atoms. The van der Waals surface area contributed by atoms with Gasteiger partial charge in [0.1, 0.15) is 23.3 Å². The largest absolute Gasteiger partial charge is 0.573 e. The molecule has 2 heterocycles. The summed E-state index contributed by atoms with van der Waals surface area (Å²) in [6.07, 6.45) is -0.589. The highest BCUT2D eigenvalue weighted by molar-refractivity contribution is 5.92. The van der Waals surface area contributed by atoms with Gasteiger partial charge < -0.3 is 19.4 Å². The number of alkyl halides is 3. The molecule has 1 fully saturated rings. The second-order valence-corrected chi connectivity index (χ2v) is 7.70. The molecule has 3 aromatic rings. The number of halogens is 3. The van der Waals surface area contributed by atoms with Gasteiger partial charge in [0.25, 0.3) is 5.91 Å². The van der Waals surface area contributed by atoms with E-state index in [9.17, 15) is 18.0 Å². The summed E-state index contributed by atoms with van der Waals surface area (Å²) in [6, 6.07) is 3.53. The quantitative estimate of drug-likeness (QED) is 0.589. The van der Waals surface area contributed by atoms with Crippen molar-refractivity contribution < 1.29 is 27.4 Å². The lowest BCUT2D eigenvalue weighted by molar-refractivity contribution is -0.274. The van der Waals surface area contributed by atoms with E-state index in [1.165, 1.54) is 31.6 Å². The number of fused-ring (bicyclic) bond motifs is 1. The molecule has 4 rings (SSSR count). The molecule has 8 nitrogen and oxygen atoms in total. The number of rotatable bonds is 7. The van der Waals surface area contributed by atoms with E-state index in [-0.39, 0.29) is 17.5 Å². The highest BCUT2D eigenvalue weighted by Gasteiger charge is 2.35. The monoisotopic (exact) mass is 449 g/mol. The van der Waals surface area contributed by atoms with Gasteiger partial charge in [-0.2, -0.15) is 0 Å². The maximum atomic E-state index is 12.8. The molecule has 1 aliphatic carbocycles. The minimum Gasteiger partial charge on any atom is -0.406 e. The molecule has 1 aromatic carbocycles. The molecule has 11 heteroatoms. The fraction of sp³-hybridized carbons (Fsp3) is 0.429. The number of ether oxygens (including phenoxy) is 2. The van der Waals surface area contributed by atoms with Crippen molar-refractivity contribution in [2.45, 2.75) is 51.2 Å². The van der Waals surface area contributed by atoms with Gasteiger partial charge in [-0.05, 0) is 38.8 Å². The Kier molecular flexibility index (Phi) is 5.76. The van der Waals surface area contributed by atoms with Crippen LogP contribution in [0.1, 0.15) is 53.9 Å². The van der Waals surface area contributed by atoms with Crippen molar-refractivity contribution in [2.75, 3.05) is 7.11 Å². The predicted molar refractivity (Wildman–Crippen MR) is 108 cm³/mol. The van der Waals surface area contributed by atoms with Crippen molar-refractivity contribution >= 4 is 16.9 Å². The molecule has 1 N–H and O–H groups in total. The molecular weight excluding hydrogens is 427 g/mol. The number of amides is 1. The van der Waals surface area contributed by atoms with Gasteiger partial charge in [0.2, 0.25) is 0 Å². The number of nitrogens with one attached hydrogen (secondary N) is 1. The van der Waals surface area contributed by atoms with Crippen LogP contribution < -0.4 is 10.1 Å².